The Morgan fingerprint density at radius 1 is 0.929 bits per heavy atom. The molecule has 0 bridgehead atoms. The Morgan fingerprint density at radius 3 is 2.43 bits per heavy atom. The fourth-order valence-corrected chi connectivity index (χ4v) is 2.60. The first-order chi connectivity index (χ1) is 13.8. The zero-order valence-corrected chi connectivity index (χ0v) is 15.0. The van der Waals surface area contributed by atoms with Gasteiger partial charge in [0.1, 0.15) is 23.9 Å². The van der Waals surface area contributed by atoms with Gasteiger partial charge in [-0.15, -0.1) is 0 Å². The summed E-state index contributed by atoms with van der Waals surface area (Å²) < 4.78 is 24.0. The van der Waals surface area contributed by atoms with Crippen LogP contribution in [-0.4, -0.2) is 11.4 Å². The van der Waals surface area contributed by atoms with Crippen molar-refractivity contribution in [2.24, 2.45) is 4.99 Å². The largest absolute Gasteiger partial charge is 0.487 e. The van der Waals surface area contributed by atoms with Crippen molar-refractivity contribution in [3.8, 4) is 17.1 Å². The van der Waals surface area contributed by atoms with E-state index in [1.54, 1.807) is 18.3 Å². The summed E-state index contributed by atoms with van der Waals surface area (Å²) in [6.07, 6.45) is 1.72. The number of ether oxygens (including phenoxy) is 1. The van der Waals surface area contributed by atoms with Crippen LogP contribution in [0.15, 0.2) is 94.4 Å². The molecule has 28 heavy (non-hydrogen) atoms. The monoisotopic (exact) mass is 372 g/mol. The van der Waals surface area contributed by atoms with E-state index < -0.39 is 0 Å². The first-order valence-electron chi connectivity index (χ1n) is 8.80. The molecular weight excluding hydrogens is 355 g/mol. The third kappa shape index (κ3) is 4.51. The van der Waals surface area contributed by atoms with Crippen molar-refractivity contribution >= 4 is 11.9 Å². The molecule has 4 aromatic rings. The molecule has 0 fully saturated rings. The molecule has 4 rings (SSSR count). The first kappa shape index (κ1) is 17.7. The molecule has 0 unspecified atom stereocenters. The van der Waals surface area contributed by atoms with Gasteiger partial charge in [-0.25, -0.2) is 4.39 Å². The minimum atomic E-state index is -0.275. The molecule has 0 atom stereocenters. The molecule has 0 aliphatic carbocycles. The van der Waals surface area contributed by atoms with Crippen LogP contribution in [0, 0.1) is 5.82 Å². The molecule has 0 saturated heterocycles. The van der Waals surface area contributed by atoms with Crippen LogP contribution in [0.3, 0.4) is 0 Å². The third-order valence-electron chi connectivity index (χ3n) is 4.07. The molecular formula is C23H17FN2O2. The first-order valence-corrected chi connectivity index (χ1v) is 8.80. The minimum absolute atomic E-state index is 0.275. The lowest BCUT2D eigenvalue weighted by Crippen LogP contribution is -1.95. The summed E-state index contributed by atoms with van der Waals surface area (Å²) in [6.45, 7) is 0.319. The number of halogens is 1. The summed E-state index contributed by atoms with van der Waals surface area (Å²) in [7, 11) is 0. The van der Waals surface area contributed by atoms with Crippen molar-refractivity contribution in [2.75, 3.05) is 0 Å². The fraction of sp³-hybridized carbons (Fsp3) is 0.0435. The van der Waals surface area contributed by atoms with Gasteiger partial charge in [-0.3, -0.25) is 4.99 Å². The second-order valence-electron chi connectivity index (χ2n) is 6.14. The number of hydrogen-bond acceptors (Lipinski definition) is 4. The summed E-state index contributed by atoms with van der Waals surface area (Å²) in [5.74, 6) is 1.16. The maximum absolute atomic E-state index is 12.9. The zero-order valence-electron chi connectivity index (χ0n) is 15.0. The van der Waals surface area contributed by atoms with Gasteiger partial charge in [-0.05, 0) is 54.1 Å². The molecule has 1 heterocycles. The highest BCUT2D eigenvalue weighted by molar-refractivity contribution is 5.82. The van der Waals surface area contributed by atoms with Crippen LogP contribution in [0.5, 0.6) is 5.75 Å². The average Bonchev–Trinajstić information content (AvgIpc) is 3.22. The lowest BCUT2D eigenvalue weighted by Gasteiger charge is -2.03. The molecule has 0 aliphatic rings. The molecule has 0 N–H and O–H groups in total. The average molecular weight is 372 g/mol. The van der Waals surface area contributed by atoms with Gasteiger partial charge in [0.05, 0.1) is 5.69 Å². The van der Waals surface area contributed by atoms with Crippen LogP contribution in [0.2, 0.25) is 0 Å². The Hall–Kier alpha value is -3.73. The number of hydrogen-bond donors (Lipinski definition) is 0. The van der Waals surface area contributed by atoms with Crippen LogP contribution >= 0.6 is 0 Å². The normalized spacial score (nSPS) is 11.0. The zero-order chi connectivity index (χ0) is 19.2. The quantitative estimate of drug-likeness (QED) is 0.401. The van der Waals surface area contributed by atoms with E-state index in [2.05, 4.69) is 10.1 Å². The maximum Gasteiger partial charge on any atom is 0.167 e. The Kier molecular flexibility index (Phi) is 5.24. The van der Waals surface area contributed by atoms with E-state index in [1.165, 1.54) is 12.1 Å². The number of nitrogens with zero attached hydrogens (tertiary/aromatic N) is 2. The molecule has 138 valence electrons. The molecule has 5 heteroatoms. The van der Waals surface area contributed by atoms with Gasteiger partial charge in [0, 0.05) is 17.8 Å². The standard InChI is InChI=1S/C23H17FN2O2/c24-19-8-10-20(11-9-19)25-15-17-6-12-22(13-7-17)27-16-21-14-23(28-26-21)18-4-2-1-3-5-18/h1-15H,16H2. The van der Waals surface area contributed by atoms with Gasteiger partial charge in [0.2, 0.25) is 0 Å². The molecule has 0 amide bonds. The van der Waals surface area contributed by atoms with Crippen molar-refractivity contribution in [1.29, 1.82) is 0 Å². The smallest absolute Gasteiger partial charge is 0.167 e. The molecule has 0 radical (unpaired) electrons. The second-order valence-corrected chi connectivity index (χ2v) is 6.14. The highest BCUT2D eigenvalue weighted by Crippen LogP contribution is 2.21. The number of aromatic nitrogens is 1. The van der Waals surface area contributed by atoms with E-state index in [4.69, 9.17) is 9.26 Å². The highest BCUT2D eigenvalue weighted by Gasteiger charge is 2.07. The van der Waals surface area contributed by atoms with Gasteiger partial charge in [0.25, 0.3) is 0 Å². The van der Waals surface area contributed by atoms with E-state index in [9.17, 15) is 4.39 Å². The summed E-state index contributed by atoms with van der Waals surface area (Å²) in [5.41, 5.74) is 3.32. The topological polar surface area (TPSA) is 47.6 Å². The molecule has 3 aromatic carbocycles. The molecule has 1 aromatic heterocycles. The maximum atomic E-state index is 12.9. The number of rotatable bonds is 6. The van der Waals surface area contributed by atoms with Gasteiger partial charge < -0.3 is 9.26 Å². The van der Waals surface area contributed by atoms with Crippen molar-refractivity contribution in [3.63, 3.8) is 0 Å². The van der Waals surface area contributed by atoms with Crippen molar-refractivity contribution in [3.05, 3.63) is 102 Å². The SMILES string of the molecule is Fc1ccc(N=Cc2ccc(OCc3cc(-c4ccccc4)on3)cc2)cc1. The van der Waals surface area contributed by atoms with E-state index in [0.717, 1.165) is 22.6 Å². The van der Waals surface area contributed by atoms with Crippen LogP contribution in [0.1, 0.15) is 11.3 Å². The molecule has 0 aliphatic heterocycles. The molecule has 4 nitrogen and oxygen atoms in total. The van der Waals surface area contributed by atoms with E-state index in [0.29, 0.717) is 18.1 Å². The third-order valence-corrected chi connectivity index (χ3v) is 4.07. The van der Waals surface area contributed by atoms with Crippen molar-refractivity contribution < 1.29 is 13.7 Å². The molecule has 0 saturated carbocycles. The molecule has 0 spiro atoms. The highest BCUT2D eigenvalue weighted by atomic mass is 19.1. The van der Waals surface area contributed by atoms with Gasteiger partial charge in [0.15, 0.2) is 5.76 Å². The minimum Gasteiger partial charge on any atom is -0.487 e. The Bertz CT molecular complexity index is 1060. The van der Waals surface area contributed by atoms with Crippen LogP contribution in [-0.2, 0) is 6.61 Å². The number of benzene rings is 3. The van der Waals surface area contributed by atoms with E-state index in [-0.39, 0.29) is 5.82 Å². The lowest BCUT2D eigenvalue weighted by atomic mass is 10.2. The van der Waals surface area contributed by atoms with Gasteiger partial charge in [-0.1, -0.05) is 35.5 Å². The van der Waals surface area contributed by atoms with Crippen molar-refractivity contribution in [1.82, 2.24) is 5.16 Å². The van der Waals surface area contributed by atoms with Gasteiger partial charge >= 0.3 is 0 Å². The van der Waals surface area contributed by atoms with Gasteiger partial charge in [-0.2, -0.15) is 0 Å². The Labute approximate surface area is 161 Å². The summed E-state index contributed by atoms with van der Waals surface area (Å²) in [6, 6.07) is 25.2. The number of aliphatic imine (C=N–C) groups is 1. The summed E-state index contributed by atoms with van der Waals surface area (Å²) in [5, 5.41) is 4.05. The fourth-order valence-electron chi connectivity index (χ4n) is 2.60. The second kappa shape index (κ2) is 8.31. The van der Waals surface area contributed by atoms with Crippen LogP contribution in [0.4, 0.5) is 10.1 Å². The van der Waals surface area contributed by atoms with Crippen LogP contribution in [0.25, 0.3) is 11.3 Å². The summed E-state index contributed by atoms with van der Waals surface area (Å²) in [4.78, 5) is 4.32. The van der Waals surface area contributed by atoms with E-state index >= 15 is 0 Å². The predicted octanol–water partition coefficient (Wildman–Crippen LogP) is 5.81. The summed E-state index contributed by atoms with van der Waals surface area (Å²) >= 11 is 0. The van der Waals surface area contributed by atoms with Crippen LogP contribution < -0.4 is 4.74 Å². The predicted molar refractivity (Wildman–Crippen MR) is 106 cm³/mol. The lowest BCUT2D eigenvalue weighted by molar-refractivity contribution is 0.290. The Morgan fingerprint density at radius 2 is 1.68 bits per heavy atom. The Balaban J connectivity index is 1.35. The van der Waals surface area contributed by atoms with E-state index in [1.807, 2.05) is 60.7 Å². The van der Waals surface area contributed by atoms with Crippen molar-refractivity contribution in [2.45, 2.75) is 6.61 Å².